The summed E-state index contributed by atoms with van der Waals surface area (Å²) in [4.78, 5) is 61.8. The van der Waals surface area contributed by atoms with Gasteiger partial charge in [-0.2, -0.15) is 0 Å². The molecule has 12 heteroatoms. The molecule has 0 radical (unpaired) electrons. The van der Waals surface area contributed by atoms with Crippen molar-refractivity contribution < 1.29 is 19.3 Å². The van der Waals surface area contributed by atoms with E-state index in [1.807, 2.05) is 6.07 Å². The van der Waals surface area contributed by atoms with Crippen molar-refractivity contribution in [3.05, 3.63) is 91.2 Å². The average molecular weight is 494 g/mol. The summed E-state index contributed by atoms with van der Waals surface area (Å²) in [6.07, 6.45) is 1.42. The maximum absolute atomic E-state index is 13.0. The van der Waals surface area contributed by atoms with Crippen LogP contribution in [0.2, 0.25) is 0 Å². The van der Waals surface area contributed by atoms with Gasteiger partial charge in [0.1, 0.15) is 12.2 Å². The number of hydrogen-bond acceptors (Lipinski definition) is 7. The molecule has 11 nitrogen and oxygen atoms in total. The lowest BCUT2D eigenvalue weighted by Gasteiger charge is -2.11. The summed E-state index contributed by atoms with van der Waals surface area (Å²) < 4.78 is 3.00. The van der Waals surface area contributed by atoms with Gasteiger partial charge in [-0.25, -0.2) is 4.68 Å². The Balaban J connectivity index is 1.50. The van der Waals surface area contributed by atoms with Crippen molar-refractivity contribution in [3.8, 4) is 5.69 Å². The first-order valence-corrected chi connectivity index (χ1v) is 11.1. The molecule has 0 saturated carbocycles. The molecule has 0 atom stereocenters. The number of imide groups is 1. The first kappa shape index (κ1) is 23.7. The van der Waals surface area contributed by atoms with Crippen molar-refractivity contribution in [2.45, 2.75) is 6.92 Å². The third-order valence-corrected chi connectivity index (χ3v) is 6.30. The van der Waals surface area contributed by atoms with Crippen LogP contribution in [-0.4, -0.2) is 42.8 Å². The number of nitrogens with zero attached hydrogens (tertiary/aromatic N) is 4. The summed E-state index contributed by atoms with van der Waals surface area (Å²) in [6.45, 7) is 1.10. The molecule has 0 bridgehead atoms. The largest absolute Gasteiger partial charge is 0.318 e. The highest BCUT2D eigenvalue weighted by Gasteiger charge is 2.36. The number of rotatable bonds is 6. The van der Waals surface area contributed by atoms with E-state index in [1.165, 1.54) is 35.0 Å². The van der Waals surface area contributed by atoms with Gasteiger partial charge in [0.2, 0.25) is 5.91 Å². The fourth-order valence-electron chi connectivity index (χ4n) is 3.51. The molecule has 0 unspecified atom stereocenters. The number of carbonyl (C=O) groups is 3. The Morgan fingerprint density at radius 3 is 2.37 bits per heavy atom. The highest BCUT2D eigenvalue weighted by Crippen LogP contribution is 2.32. The number of anilines is 1. The van der Waals surface area contributed by atoms with E-state index in [-0.39, 0.29) is 16.3 Å². The van der Waals surface area contributed by atoms with Crippen LogP contribution >= 0.6 is 11.8 Å². The van der Waals surface area contributed by atoms with Crippen molar-refractivity contribution in [2.75, 3.05) is 11.9 Å². The number of carbonyl (C=O) groups excluding carboxylic acids is 3. The van der Waals surface area contributed by atoms with Gasteiger partial charge in [0.25, 0.3) is 22.4 Å². The van der Waals surface area contributed by atoms with Gasteiger partial charge in [-0.1, -0.05) is 18.2 Å². The molecule has 3 aromatic rings. The minimum Gasteiger partial charge on any atom is -0.318 e. The van der Waals surface area contributed by atoms with Gasteiger partial charge in [-0.15, -0.1) is 0 Å². The Morgan fingerprint density at radius 2 is 1.74 bits per heavy atom. The van der Waals surface area contributed by atoms with Gasteiger partial charge in [0.15, 0.2) is 0 Å². The highest BCUT2D eigenvalue weighted by molar-refractivity contribution is 8.18. The van der Waals surface area contributed by atoms with Crippen molar-refractivity contribution in [2.24, 2.45) is 7.05 Å². The van der Waals surface area contributed by atoms with Gasteiger partial charge < -0.3 is 5.32 Å². The smallest absolute Gasteiger partial charge is 0.295 e. The van der Waals surface area contributed by atoms with Crippen molar-refractivity contribution in [3.63, 3.8) is 0 Å². The van der Waals surface area contributed by atoms with Gasteiger partial charge in [-0.05, 0) is 54.6 Å². The minimum atomic E-state index is -0.699. The van der Waals surface area contributed by atoms with E-state index in [0.29, 0.717) is 28.7 Å². The molecule has 1 fully saturated rings. The number of non-ortho nitro benzene ring substituents is 1. The highest BCUT2D eigenvalue weighted by atomic mass is 32.2. The third kappa shape index (κ3) is 4.64. The molecule has 3 amide bonds. The molecule has 4 rings (SSSR count). The number of thioether (sulfide) groups is 1. The van der Waals surface area contributed by atoms with E-state index in [2.05, 4.69) is 5.32 Å². The van der Waals surface area contributed by atoms with Gasteiger partial charge in [-0.3, -0.25) is 38.9 Å². The van der Waals surface area contributed by atoms with E-state index >= 15 is 0 Å². The van der Waals surface area contributed by atoms with E-state index in [1.54, 1.807) is 42.9 Å². The van der Waals surface area contributed by atoms with Crippen LogP contribution in [0.25, 0.3) is 11.8 Å². The molecule has 1 aliphatic heterocycles. The quantitative estimate of drug-likeness (QED) is 0.317. The van der Waals surface area contributed by atoms with Crippen LogP contribution in [0.3, 0.4) is 0 Å². The first-order chi connectivity index (χ1) is 16.7. The number of nitro benzene ring substituents is 1. The van der Waals surface area contributed by atoms with E-state index in [9.17, 15) is 29.3 Å². The maximum Gasteiger partial charge on any atom is 0.295 e. The van der Waals surface area contributed by atoms with Crippen LogP contribution in [0.1, 0.15) is 11.3 Å². The standard InChI is InChI=1S/C23H19N5O6S/c1-14-20(22(31)27(25(14)2)16-6-4-3-5-7-16)24-19(29)13-26-21(30)18(35-23(26)32)12-15-8-10-17(11-9-15)28(33)34/h3-12H,13H2,1-2H3,(H,24,29)/b18-12-. The number of nitrogens with one attached hydrogen (secondary N) is 1. The minimum absolute atomic E-state index is 0.0507. The second kappa shape index (κ2) is 9.43. The topological polar surface area (TPSA) is 137 Å². The van der Waals surface area contributed by atoms with Crippen LogP contribution in [0.5, 0.6) is 0 Å². The molecular formula is C23H19N5O6S. The molecule has 1 aliphatic rings. The number of para-hydroxylation sites is 1. The fourth-order valence-corrected chi connectivity index (χ4v) is 4.35. The number of aromatic nitrogens is 2. The first-order valence-electron chi connectivity index (χ1n) is 10.3. The van der Waals surface area contributed by atoms with Crippen molar-refractivity contribution in [1.29, 1.82) is 0 Å². The number of benzene rings is 2. The number of amides is 3. The lowest BCUT2D eigenvalue weighted by atomic mass is 10.2. The van der Waals surface area contributed by atoms with E-state index < -0.39 is 34.1 Å². The summed E-state index contributed by atoms with van der Waals surface area (Å²) in [5, 5.41) is 12.7. The Hall–Kier alpha value is -4.45. The molecule has 1 saturated heterocycles. The number of hydrogen-bond donors (Lipinski definition) is 1. The third-order valence-electron chi connectivity index (χ3n) is 5.40. The number of nitro groups is 1. The van der Waals surface area contributed by atoms with Crippen molar-refractivity contribution in [1.82, 2.24) is 14.3 Å². The summed E-state index contributed by atoms with van der Waals surface area (Å²) in [6, 6.07) is 14.4. The maximum atomic E-state index is 13.0. The Labute approximate surface area is 202 Å². The van der Waals surface area contributed by atoms with E-state index in [0.717, 1.165) is 4.90 Å². The lowest BCUT2D eigenvalue weighted by molar-refractivity contribution is -0.384. The zero-order valence-corrected chi connectivity index (χ0v) is 19.4. The Bertz CT molecular complexity index is 1440. The van der Waals surface area contributed by atoms with Crippen LogP contribution in [-0.2, 0) is 16.6 Å². The van der Waals surface area contributed by atoms with Gasteiger partial charge in [0.05, 0.1) is 21.2 Å². The summed E-state index contributed by atoms with van der Waals surface area (Å²) >= 11 is 0.660. The molecule has 2 aromatic carbocycles. The second-order valence-corrected chi connectivity index (χ2v) is 8.59. The summed E-state index contributed by atoms with van der Waals surface area (Å²) in [7, 11) is 1.68. The van der Waals surface area contributed by atoms with Gasteiger partial charge >= 0.3 is 0 Å². The SMILES string of the molecule is Cc1c(NC(=O)CN2C(=O)S/C(=C\c3ccc([N+](=O)[O-])cc3)C2=O)c(=O)n(-c2ccccc2)n1C. The van der Waals surface area contributed by atoms with Crippen LogP contribution in [0.15, 0.2) is 64.3 Å². The molecule has 2 heterocycles. The lowest BCUT2D eigenvalue weighted by Crippen LogP contribution is -2.37. The van der Waals surface area contributed by atoms with Crippen LogP contribution < -0.4 is 10.9 Å². The second-order valence-electron chi connectivity index (χ2n) is 7.60. The average Bonchev–Trinajstić information content (AvgIpc) is 3.21. The molecule has 35 heavy (non-hydrogen) atoms. The van der Waals surface area contributed by atoms with Crippen LogP contribution in [0.4, 0.5) is 16.2 Å². The zero-order valence-electron chi connectivity index (χ0n) is 18.6. The van der Waals surface area contributed by atoms with E-state index in [4.69, 9.17) is 0 Å². The zero-order chi connectivity index (χ0) is 25.3. The summed E-state index contributed by atoms with van der Waals surface area (Å²) in [5.41, 5.74) is 1.11. The molecule has 0 aliphatic carbocycles. The fraction of sp³-hybridized carbons (Fsp3) is 0.130. The predicted molar refractivity (Wildman–Crippen MR) is 130 cm³/mol. The molecule has 1 N–H and O–H groups in total. The van der Waals surface area contributed by atoms with Crippen LogP contribution in [0, 0.1) is 17.0 Å². The molecule has 1 aromatic heterocycles. The summed E-state index contributed by atoms with van der Waals surface area (Å²) in [5.74, 6) is -1.37. The monoisotopic (exact) mass is 493 g/mol. The molecular weight excluding hydrogens is 474 g/mol. The normalized spacial score (nSPS) is 14.6. The van der Waals surface area contributed by atoms with Crippen molar-refractivity contribution >= 4 is 46.3 Å². The molecule has 178 valence electrons. The van der Waals surface area contributed by atoms with Gasteiger partial charge in [0, 0.05) is 19.2 Å². The molecule has 0 spiro atoms. The Kier molecular flexibility index (Phi) is 6.38. The Morgan fingerprint density at radius 1 is 1.09 bits per heavy atom. The predicted octanol–water partition coefficient (Wildman–Crippen LogP) is 3.07.